The molecule has 0 amide bonds. The molecule has 1 aliphatic carbocycles. The van der Waals surface area contributed by atoms with Gasteiger partial charge < -0.3 is 10.6 Å². The Hall–Kier alpha value is -0.120. The highest BCUT2D eigenvalue weighted by molar-refractivity contribution is 4.82. The molecule has 1 saturated heterocycles. The van der Waals surface area contributed by atoms with Crippen molar-refractivity contribution in [1.82, 2.24) is 9.80 Å². The zero-order chi connectivity index (χ0) is 13.5. The molecule has 0 aromatic carbocycles. The maximum absolute atomic E-state index is 5.54. The van der Waals surface area contributed by atoms with Crippen LogP contribution in [-0.2, 0) is 0 Å². The summed E-state index contributed by atoms with van der Waals surface area (Å²) in [6.45, 7) is 9.73. The van der Waals surface area contributed by atoms with Crippen LogP contribution in [0.4, 0.5) is 0 Å². The number of hydrogen-bond acceptors (Lipinski definition) is 3. The second-order valence-electron chi connectivity index (χ2n) is 6.64. The summed E-state index contributed by atoms with van der Waals surface area (Å²) in [5.41, 5.74) is 5.54. The summed E-state index contributed by atoms with van der Waals surface area (Å²) in [7, 11) is 0. The monoisotopic (exact) mass is 267 g/mol. The van der Waals surface area contributed by atoms with E-state index in [1.807, 2.05) is 0 Å². The molecular formula is C16H33N3. The Morgan fingerprint density at radius 1 is 0.895 bits per heavy atom. The molecule has 3 heteroatoms. The van der Waals surface area contributed by atoms with Crippen LogP contribution in [0.3, 0.4) is 0 Å². The molecule has 0 atom stereocenters. The van der Waals surface area contributed by atoms with E-state index in [1.165, 1.54) is 77.7 Å². The van der Waals surface area contributed by atoms with Gasteiger partial charge in [-0.1, -0.05) is 13.3 Å². The lowest BCUT2D eigenvalue weighted by Crippen LogP contribution is -2.51. The molecule has 1 heterocycles. The van der Waals surface area contributed by atoms with Crippen molar-refractivity contribution in [3.63, 3.8) is 0 Å². The van der Waals surface area contributed by atoms with E-state index in [2.05, 4.69) is 16.7 Å². The molecule has 0 radical (unpaired) electrons. The molecule has 0 unspecified atom stereocenters. The van der Waals surface area contributed by atoms with Crippen LogP contribution in [0, 0.1) is 5.92 Å². The van der Waals surface area contributed by atoms with Gasteiger partial charge in [0.2, 0.25) is 0 Å². The number of unbranched alkanes of at least 4 members (excludes halogenated alkanes) is 2. The third-order valence-electron chi connectivity index (χ3n) is 5.09. The Morgan fingerprint density at radius 2 is 1.58 bits per heavy atom. The quantitative estimate of drug-likeness (QED) is 0.750. The average molecular weight is 267 g/mol. The van der Waals surface area contributed by atoms with Crippen molar-refractivity contribution in [2.45, 2.75) is 57.9 Å². The fourth-order valence-electron chi connectivity index (χ4n) is 3.62. The normalized spacial score (nSPS) is 30.6. The molecule has 0 bridgehead atoms. The summed E-state index contributed by atoms with van der Waals surface area (Å²) in [4.78, 5) is 5.42. The Labute approximate surface area is 119 Å². The van der Waals surface area contributed by atoms with Gasteiger partial charge in [0, 0.05) is 32.2 Å². The van der Waals surface area contributed by atoms with E-state index in [-0.39, 0.29) is 0 Å². The lowest BCUT2D eigenvalue weighted by molar-refractivity contribution is 0.0714. The van der Waals surface area contributed by atoms with Gasteiger partial charge in [0.1, 0.15) is 0 Å². The Morgan fingerprint density at radius 3 is 2.21 bits per heavy atom. The molecule has 2 N–H and O–H groups in total. The van der Waals surface area contributed by atoms with Gasteiger partial charge in [-0.3, -0.25) is 4.90 Å². The lowest BCUT2D eigenvalue weighted by atomic mass is 9.86. The zero-order valence-corrected chi connectivity index (χ0v) is 12.8. The van der Waals surface area contributed by atoms with E-state index in [0.29, 0.717) is 0 Å². The van der Waals surface area contributed by atoms with E-state index >= 15 is 0 Å². The van der Waals surface area contributed by atoms with Crippen LogP contribution >= 0.6 is 0 Å². The Kier molecular flexibility index (Phi) is 6.62. The fourth-order valence-corrected chi connectivity index (χ4v) is 3.62. The number of nitrogens with two attached hydrogens (primary N) is 1. The summed E-state index contributed by atoms with van der Waals surface area (Å²) in [6, 6.07) is 0.899. The van der Waals surface area contributed by atoms with Gasteiger partial charge in [-0.05, 0) is 57.5 Å². The first-order chi connectivity index (χ1) is 9.29. The van der Waals surface area contributed by atoms with Crippen LogP contribution in [0.2, 0.25) is 0 Å². The van der Waals surface area contributed by atoms with Crippen LogP contribution in [0.15, 0.2) is 0 Å². The second kappa shape index (κ2) is 8.23. The molecule has 2 aliphatic rings. The maximum atomic E-state index is 5.54. The minimum atomic E-state index is 0.855. The molecule has 2 fully saturated rings. The lowest BCUT2D eigenvalue weighted by Gasteiger charge is -2.41. The van der Waals surface area contributed by atoms with Gasteiger partial charge in [-0.15, -0.1) is 0 Å². The Balaban J connectivity index is 1.59. The molecule has 112 valence electrons. The third-order valence-corrected chi connectivity index (χ3v) is 5.09. The van der Waals surface area contributed by atoms with Crippen molar-refractivity contribution >= 4 is 0 Å². The smallest absolute Gasteiger partial charge is 0.0113 e. The van der Waals surface area contributed by atoms with Crippen molar-refractivity contribution in [1.29, 1.82) is 0 Å². The molecule has 1 aliphatic heterocycles. The molecule has 19 heavy (non-hydrogen) atoms. The van der Waals surface area contributed by atoms with Gasteiger partial charge >= 0.3 is 0 Å². The van der Waals surface area contributed by atoms with Gasteiger partial charge in [0.15, 0.2) is 0 Å². The third kappa shape index (κ3) is 5.05. The first-order valence-electron chi connectivity index (χ1n) is 8.46. The van der Waals surface area contributed by atoms with Gasteiger partial charge in [-0.25, -0.2) is 0 Å². The van der Waals surface area contributed by atoms with Crippen LogP contribution in [0.25, 0.3) is 0 Å². The van der Waals surface area contributed by atoms with E-state index in [0.717, 1.165) is 18.5 Å². The summed E-state index contributed by atoms with van der Waals surface area (Å²) in [6.07, 6.45) is 9.61. The predicted octanol–water partition coefficient (Wildman–Crippen LogP) is 2.31. The highest BCUT2D eigenvalue weighted by Crippen LogP contribution is 2.27. The summed E-state index contributed by atoms with van der Waals surface area (Å²) >= 11 is 0. The fraction of sp³-hybridized carbons (Fsp3) is 1.00. The highest BCUT2D eigenvalue weighted by Gasteiger charge is 2.26. The van der Waals surface area contributed by atoms with E-state index in [9.17, 15) is 0 Å². The van der Waals surface area contributed by atoms with Crippen molar-refractivity contribution in [3.05, 3.63) is 0 Å². The molecule has 3 nitrogen and oxygen atoms in total. The highest BCUT2D eigenvalue weighted by atomic mass is 15.3. The van der Waals surface area contributed by atoms with E-state index in [4.69, 9.17) is 5.73 Å². The Bertz CT molecular complexity index is 228. The number of piperazine rings is 1. The van der Waals surface area contributed by atoms with Crippen LogP contribution < -0.4 is 5.73 Å². The predicted molar refractivity (Wildman–Crippen MR) is 82.3 cm³/mol. The topological polar surface area (TPSA) is 32.5 Å². The number of hydrogen-bond donors (Lipinski definition) is 1. The molecular weight excluding hydrogens is 234 g/mol. The van der Waals surface area contributed by atoms with Crippen molar-refractivity contribution < 1.29 is 0 Å². The zero-order valence-electron chi connectivity index (χ0n) is 12.8. The molecule has 0 aromatic heterocycles. The number of nitrogens with zero attached hydrogens (tertiary/aromatic N) is 2. The average Bonchev–Trinajstić information content (AvgIpc) is 2.45. The molecule has 1 saturated carbocycles. The molecule has 2 rings (SSSR count). The van der Waals surface area contributed by atoms with Crippen LogP contribution in [0.1, 0.15) is 51.9 Å². The largest absolute Gasteiger partial charge is 0.330 e. The minimum absolute atomic E-state index is 0.855. The number of rotatable bonds is 6. The standard InChI is InChI=1S/C16H33N3/c1-15-5-7-16(8-6-15)19-13-11-18(12-14-19)10-4-2-3-9-17/h15-16H,2-14,17H2,1H3. The van der Waals surface area contributed by atoms with Crippen LogP contribution in [-0.4, -0.2) is 55.1 Å². The van der Waals surface area contributed by atoms with Gasteiger partial charge in [-0.2, -0.15) is 0 Å². The summed E-state index contributed by atoms with van der Waals surface area (Å²) in [5.74, 6) is 0.972. The molecule has 0 aromatic rings. The van der Waals surface area contributed by atoms with Crippen molar-refractivity contribution in [2.75, 3.05) is 39.3 Å². The second-order valence-corrected chi connectivity index (χ2v) is 6.64. The van der Waals surface area contributed by atoms with Crippen LogP contribution in [0.5, 0.6) is 0 Å². The summed E-state index contributed by atoms with van der Waals surface area (Å²) < 4.78 is 0. The minimum Gasteiger partial charge on any atom is -0.330 e. The maximum Gasteiger partial charge on any atom is 0.0113 e. The SMILES string of the molecule is CC1CCC(N2CCN(CCCCCN)CC2)CC1. The van der Waals surface area contributed by atoms with Crippen molar-refractivity contribution in [2.24, 2.45) is 11.7 Å². The first kappa shape index (κ1) is 15.3. The molecule has 0 spiro atoms. The first-order valence-corrected chi connectivity index (χ1v) is 8.46. The van der Waals surface area contributed by atoms with E-state index in [1.54, 1.807) is 0 Å². The van der Waals surface area contributed by atoms with E-state index < -0.39 is 0 Å². The van der Waals surface area contributed by atoms with Crippen molar-refractivity contribution in [3.8, 4) is 0 Å². The van der Waals surface area contributed by atoms with Gasteiger partial charge in [0.25, 0.3) is 0 Å². The van der Waals surface area contributed by atoms with Gasteiger partial charge in [0.05, 0.1) is 0 Å². The summed E-state index contributed by atoms with van der Waals surface area (Å²) in [5, 5.41) is 0.